The Morgan fingerprint density at radius 1 is 0.919 bits per heavy atom. The van der Waals surface area contributed by atoms with Gasteiger partial charge in [-0.2, -0.15) is 0 Å². The van der Waals surface area contributed by atoms with Crippen LogP contribution in [0.25, 0.3) is 0 Å². The van der Waals surface area contributed by atoms with Gasteiger partial charge in [-0.25, -0.2) is 0 Å². The number of nitrogens with zero attached hydrogens (tertiary/aromatic N) is 2. The second-order valence-corrected chi connectivity index (χ2v) is 8.53. The molecule has 1 aliphatic heterocycles. The summed E-state index contributed by atoms with van der Waals surface area (Å²) in [7, 11) is 4.46. The van der Waals surface area contributed by atoms with Crippen molar-refractivity contribution in [2.75, 3.05) is 57.7 Å². The Morgan fingerprint density at radius 2 is 1.57 bits per heavy atom. The van der Waals surface area contributed by atoms with Crippen molar-refractivity contribution in [1.82, 2.24) is 10.2 Å². The number of carbonyl (C=O) groups is 2. The first kappa shape index (κ1) is 25.8. The fourth-order valence-corrected chi connectivity index (χ4v) is 4.24. The number of rotatable bonds is 7. The lowest BCUT2D eigenvalue weighted by molar-refractivity contribution is 0.0714. The Hall–Kier alpha value is -4.25. The molecule has 0 unspecified atom stereocenters. The molecule has 2 N–H and O–H groups in total. The predicted molar refractivity (Wildman–Crippen MR) is 143 cm³/mol. The first-order valence-electron chi connectivity index (χ1n) is 11.5. The van der Waals surface area contributed by atoms with Crippen LogP contribution in [-0.2, 0) is 0 Å². The van der Waals surface area contributed by atoms with Crippen LogP contribution in [-0.4, -0.2) is 69.3 Å². The number of hydrogen-bond acceptors (Lipinski definition) is 8. The van der Waals surface area contributed by atoms with Crippen LogP contribution in [0.2, 0.25) is 0 Å². The summed E-state index contributed by atoms with van der Waals surface area (Å²) in [6.45, 7) is 2.64. The molecule has 10 nitrogen and oxygen atoms in total. The molecular weight excluding hydrogens is 496 g/mol. The summed E-state index contributed by atoms with van der Waals surface area (Å²) in [5.41, 5.74) is 2.06. The van der Waals surface area contributed by atoms with Gasteiger partial charge in [-0.3, -0.25) is 14.9 Å². The number of piperazine rings is 1. The van der Waals surface area contributed by atoms with Crippen LogP contribution >= 0.6 is 12.2 Å². The summed E-state index contributed by atoms with van der Waals surface area (Å²) in [6.07, 6.45) is 1.50. The highest BCUT2D eigenvalue weighted by atomic mass is 32.1. The first-order valence-corrected chi connectivity index (χ1v) is 11.9. The summed E-state index contributed by atoms with van der Waals surface area (Å²) in [4.78, 5) is 29.2. The van der Waals surface area contributed by atoms with Gasteiger partial charge in [0.1, 0.15) is 0 Å². The number of hydrogen-bond donors (Lipinski definition) is 2. The standard InChI is InChI=1S/C26H28N4O6S/c1-33-21-15-17(16-22(34-2)23(21)35-3)24(31)28-26(37)27-18-6-8-19(9-7-18)29-10-12-30(13-11-29)25(32)20-5-4-14-36-20/h4-9,14-16H,10-13H2,1-3H3,(H2,27,28,31,37). The zero-order chi connectivity index (χ0) is 26.4. The number of benzene rings is 2. The predicted octanol–water partition coefficient (Wildman–Crippen LogP) is 3.39. The van der Waals surface area contributed by atoms with Crippen molar-refractivity contribution in [2.45, 2.75) is 0 Å². The van der Waals surface area contributed by atoms with E-state index in [0.29, 0.717) is 54.8 Å². The summed E-state index contributed by atoms with van der Waals surface area (Å²) < 4.78 is 21.1. The maximum Gasteiger partial charge on any atom is 0.289 e. The molecule has 2 aromatic carbocycles. The monoisotopic (exact) mass is 524 g/mol. The minimum absolute atomic E-state index is 0.0914. The van der Waals surface area contributed by atoms with Gasteiger partial charge >= 0.3 is 0 Å². The van der Waals surface area contributed by atoms with E-state index in [1.807, 2.05) is 24.3 Å². The molecule has 1 aromatic heterocycles. The number of furan rings is 1. The molecule has 0 atom stereocenters. The van der Waals surface area contributed by atoms with Crippen molar-refractivity contribution < 1.29 is 28.2 Å². The summed E-state index contributed by atoms with van der Waals surface area (Å²) in [6, 6.07) is 14.2. The van der Waals surface area contributed by atoms with Crippen LogP contribution in [0.4, 0.5) is 11.4 Å². The Labute approximate surface area is 220 Å². The lowest BCUT2D eigenvalue weighted by Gasteiger charge is -2.35. The topological polar surface area (TPSA) is 106 Å². The number of ether oxygens (including phenoxy) is 3. The lowest BCUT2D eigenvalue weighted by atomic mass is 10.1. The van der Waals surface area contributed by atoms with Crippen molar-refractivity contribution >= 4 is 40.5 Å². The highest BCUT2D eigenvalue weighted by molar-refractivity contribution is 7.80. The Bertz CT molecular complexity index is 1230. The molecule has 1 aliphatic rings. The number of nitrogens with one attached hydrogen (secondary N) is 2. The molecule has 1 saturated heterocycles. The number of carbonyl (C=O) groups excluding carboxylic acids is 2. The van der Waals surface area contributed by atoms with Gasteiger partial charge in [0.2, 0.25) is 5.75 Å². The Morgan fingerprint density at radius 3 is 2.11 bits per heavy atom. The zero-order valence-corrected chi connectivity index (χ0v) is 21.6. The summed E-state index contributed by atoms with van der Waals surface area (Å²) in [5.74, 6) is 0.979. The van der Waals surface area contributed by atoms with E-state index in [0.717, 1.165) is 11.4 Å². The van der Waals surface area contributed by atoms with Crippen molar-refractivity contribution in [3.8, 4) is 17.2 Å². The summed E-state index contributed by atoms with van der Waals surface area (Å²) >= 11 is 5.33. The number of anilines is 2. The Balaban J connectivity index is 1.31. The van der Waals surface area contributed by atoms with Gasteiger partial charge in [0.15, 0.2) is 22.4 Å². The van der Waals surface area contributed by atoms with Crippen molar-refractivity contribution in [1.29, 1.82) is 0 Å². The first-order chi connectivity index (χ1) is 17.9. The fraction of sp³-hybridized carbons (Fsp3) is 0.269. The number of amides is 2. The van der Waals surface area contributed by atoms with Gasteiger partial charge in [0, 0.05) is 43.1 Å². The van der Waals surface area contributed by atoms with Crippen molar-refractivity contribution in [2.24, 2.45) is 0 Å². The van der Waals surface area contributed by atoms with E-state index in [1.165, 1.54) is 27.6 Å². The van der Waals surface area contributed by atoms with Crippen LogP contribution < -0.4 is 29.7 Å². The van der Waals surface area contributed by atoms with Crippen LogP contribution in [0, 0.1) is 0 Å². The average molecular weight is 525 g/mol. The third-order valence-corrected chi connectivity index (χ3v) is 6.15. The van der Waals surface area contributed by atoms with Crippen LogP contribution in [0.5, 0.6) is 17.2 Å². The van der Waals surface area contributed by atoms with Crippen LogP contribution in [0.1, 0.15) is 20.9 Å². The maximum atomic E-state index is 12.8. The molecule has 0 saturated carbocycles. The van der Waals surface area contributed by atoms with Crippen molar-refractivity contribution in [3.63, 3.8) is 0 Å². The van der Waals surface area contributed by atoms with Gasteiger partial charge in [-0.15, -0.1) is 0 Å². The number of thiocarbonyl (C=S) groups is 1. The molecule has 11 heteroatoms. The fourth-order valence-electron chi connectivity index (χ4n) is 4.03. The molecule has 0 spiro atoms. The minimum atomic E-state index is -0.421. The smallest absolute Gasteiger partial charge is 0.289 e. The zero-order valence-electron chi connectivity index (χ0n) is 20.8. The van der Waals surface area contributed by atoms with E-state index < -0.39 is 5.91 Å². The van der Waals surface area contributed by atoms with E-state index >= 15 is 0 Å². The molecule has 2 heterocycles. The largest absolute Gasteiger partial charge is 0.493 e. The molecule has 0 bridgehead atoms. The number of methoxy groups -OCH3 is 3. The van der Waals surface area contributed by atoms with E-state index in [2.05, 4.69) is 15.5 Å². The molecular formula is C26H28N4O6S. The molecule has 2 amide bonds. The molecule has 37 heavy (non-hydrogen) atoms. The van der Waals surface area contributed by atoms with Gasteiger partial charge < -0.3 is 33.7 Å². The highest BCUT2D eigenvalue weighted by Crippen LogP contribution is 2.38. The molecule has 3 aromatic rings. The van der Waals surface area contributed by atoms with E-state index in [-0.39, 0.29) is 11.0 Å². The molecule has 0 radical (unpaired) electrons. The second kappa shape index (κ2) is 11.7. The quantitative estimate of drug-likeness (QED) is 0.450. The third kappa shape index (κ3) is 5.95. The van der Waals surface area contributed by atoms with Gasteiger partial charge in [0.05, 0.1) is 27.6 Å². The van der Waals surface area contributed by atoms with E-state index in [9.17, 15) is 9.59 Å². The Kier molecular flexibility index (Phi) is 8.14. The third-order valence-electron chi connectivity index (χ3n) is 5.94. The molecule has 1 fully saturated rings. The highest BCUT2D eigenvalue weighted by Gasteiger charge is 2.24. The second-order valence-electron chi connectivity index (χ2n) is 8.13. The van der Waals surface area contributed by atoms with Crippen LogP contribution in [0.15, 0.2) is 59.2 Å². The van der Waals surface area contributed by atoms with Crippen LogP contribution in [0.3, 0.4) is 0 Å². The molecule has 194 valence electrons. The van der Waals surface area contributed by atoms with Gasteiger partial charge in [-0.05, 0) is 60.7 Å². The van der Waals surface area contributed by atoms with Gasteiger partial charge in [-0.1, -0.05) is 0 Å². The molecule has 0 aliphatic carbocycles. The minimum Gasteiger partial charge on any atom is -0.493 e. The maximum absolute atomic E-state index is 12.8. The average Bonchev–Trinajstić information content (AvgIpc) is 3.47. The van der Waals surface area contributed by atoms with Gasteiger partial charge in [0.25, 0.3) is 11.8 Å². The normalized spacial score (nSPS) is 13.1. The lowest BCUT2D eigenvalue weighted by Crippen LogP contribution is -2.48. The van der Waals surface area contributed by atoms with Crippen molar-refractivity contribution in [3.05, 3.63) is 66.1 Å². The van der Waals surface area contributed by atoms with E-state index in [4.69, 9.17) is 30.8 Å². The SMILES string of the molecule is COc1cc(C(=O)NC(=S)Nc2ccc(N3CCN(C(=O)c4ccco4)CC3)cc2)cc(OC)c1OC. The summed E-state index contributed by atoms with van der Waals surface area (Å²) in [5, 5.41) is 5.83. The molecule has 4 rings (SSSR count). The van der Waals surface area contributed by atoms with E-state index in [1.54, 1.807) is 29.2 Å².